The van der Waals surface area contributed by atoms with Crippen molar-refractivity contribution < 1.29 is 13.2 Å². The molecule has 1 aliphatic heterocycles. The molecule has 1 amide bonds. The van der Waals surface area contributed by atoms with Crippen molar-refractivity contribution in [2.24, 2.45) is 0 Å². The maximum atomic E-state index is 12.8. The van der Waals surface area contributed by atoms with E-state index in [-0.39, 0.29) is 10.8 Å². The molecule has 164 valence electrons. The minimum atomic E-state index is -3.49. The van der Waals surface area contributed by atoms with Crippen molar-refractivity contribution in [1.82, 2.24) is 14.3 Å². The van der Waals surface area contributed by atoms with Gasteiger partial charge in [-0.25, -0.2) is 18.4 Å². The highest BCUT2D eigenvalue weighted by atomic mass is 32.2. The van der Waals surface area contributed by atoms with E-state index in [0.717, 1.165) is 33.8 Å². The van der Waals surface area contributed by atoms with E-state index < -0.39 is 10.0 Å². The van der Waals surface area contributed by atoms with Gasteiger partial charge in [0.2, 0.25) is 10.0 Å². The Bertz CT molecular complexity index is 1400. The van der Waals surface area contributed by atoms with Crippen molar-refractivity contribution in [2.75, 3.05) is 18.4 Å². The Morgan fingerprint density at radius 2 is 1.81 bits per heavy atom. The molecular formula is C22H20N4O3S3. The Morgan fingerprint density at radius 3 is 2.50 bits per heavy atom. The zero-order valence-electron chi connectivity index (χ0n) is 17.2. The van der Waals surface area contributed by atoms with Crippen LogP contribution in [0.3, 0.4) is 0 Å². The second-order valence-electron chi connectivity index (χ2n) is 7.59. The van der Waals surface area contributed by atoms with E-state index >= 15 is 0 Å². The molecule has 0 unspecified atom stereocenters. The van der Waals surface area contributed by atoms with E-state index in [1.54, 1.807) is 41.7 Å². The van der Waals surface area contributed by atoms with Gasteiger partial charge in [-0.2, -0.15) is 4.31 Å². The highest BCUT2D eigenvalue weighted by molar-refractivity contribution is 7.89. The maximum Gasteiger partial charge on any atom is 0.257 e. The normalized spacial score (nSPS) is 14.8. The molecule has 32 heavy (non-hydrogen) atoms. The SMILES string of the molecule is Cc1csc(-c2ccc(C(=O)Nc3nc4ccc(S(=O)(=O)N5CCCC5)cc4s3)cc2)n1. The predicted molar refractivity (Wildman–Crippen MR) is 128 cm³/mol. The topological polar surface area (TPSA) is 92.3 Å². The van der Waals surface area contributed by atoms with Gasteiger partial charge in [0.05, 0.1) is 15.1 Å². The smallest absolute Gasteiger partial charge is 0.257 e. The summed E-state index contributed by atoms with van der Waals surface area (Å²) < 4.78 is 27.9. The lowest BCUT2D eigenvalue weighted by Crippen LogP contribution is -2.27. The predicted octanol–water partition coefficient (Wildman–Crippen LogP) is 4.77. The average Bonchev–Trinajstić information content (AvgIpc) is 3.54. The first-order chi connectivity index (χ1) is 15.4. The third kappa shape index (κ3) is 4.06. The van der Waals surface area contributed by atoms with Gasteiger partial charge in [-0.05, 0) is 50.1 Å². The molecule has 0 radical (unpaired) electrons. The number of nitrogens with zero attached hydrogens (tertiary/aromatic N) is 3. The molecule has 1 N–H and O–H groups in total. The van der Waals surface area contributed by atoms with Crippen molar-refractivity contribution in [1.29, 1.82) is 0 Å². The average molecular weight is 485 g/mol. The number of amides is 1. The van der Waals surface area contributed by atoms with Gasteiger partial charge in [0.15, 0.2) is 5.13 Å². The third-order valence-corrected chi connectivity index (χ3v) is 9.13. The van der Waals surface area contributed by atoms with E-state index in [1.165, 1.54) is 15.6 Å². The molecule has 2 aromatic heterocycles. The second kappa shape index (κ2) is 8.36. The van der Waals surface area contributed by atoms with Crippen LogP contribution in [0.15, 0.2) is 52.7 Å². The Hall–Kier alpha value is -2.66. The number of carbonyl (C=O) groups excluding carboxylic acids is 1. The summed E-state index contributed by atoms with van der Waals surface area (Å²) in [4.78, 5) is 21.8. The molecule has 1 saturated heterocycles. The number of hydrogen-bond donors (Lipinski definition) is 1. The Labute approximate surface area is 193 Å². The van der Waals surface area contributed by atoms with Crippen LogP contribution >= 0.6 is 22.7 Å². The number of aryl methyl sites for hydroxylation is 1. The minimum Gasteiger partial charge on any atom is -0.298 e. The van der Waals surface area contributed by atoms with Crippen LogP contribution in [-0.4, -0.2) is 41.7 Å². The number of thiazole rings is 2. The largest absolute Gasteiger partial charge is 0.298 e. The van der Waals surface area contributed by atoms with Crippen molar-refractivity contribution >= 4 is 54.0 Å². The molecular weight excluding hydrogens is 464 g/mol. The fraction of sp³-hybridized carbons (Fsp3) is 0.227. The molecule has 5 rings (SSSR count). The molecule has 2 aromatic carbocycles. The monoisotopic (exact) mass is 484 g/mol. The van der Waals surface area contributed by atoms with Gasteiger partial charge in [-0.3, -0.25) is 10.1 Å². The van der Waals surface area contributed by atoms with Crippen LogP contribution in [0.4, 0.5) is 5.13 Å². The standard InChI is InChI=1S/C22H20N4O3S3/c1-14-13-30-21(23-14)16-6-4-15(5-7-16)20(27)25-22-24-18-9-8-17(12-19(18)31-22)32(28,29)26-10-2-3-11-26/h4-9,12-13H,2-3,10-11H2,1H3,(H,24,25,27). The molecule has 0 saturated carbocycles. The van der Waals surface area contributed by atoms with Gasteiger partial charge in [0, 0.05) is 35.3 Å². The highest BCUT2D eigenvalue weighted by Crippen LogP contribution is 2.30. The van der Waals surface area contributed by atoms with Gasteiger partial charge >= 0.3 is 0 Å². The lowest BCUT2D eigenvalue weighted by molar-refractivity contribution is 0.102. The lowest BCUT2D eigenvalue weighted by Gasteiger charge is -2.15. The molecule has 1 fully saturated rings. The number of sulfonamides is 1. The van der Waals surface area contributed by atoms with Crippen LogP contribution in [0, 0.1) is 6.92 Å². The Balaban J connectivity index is 1.34. The number of benzene rings is 2. The van der Waals surface area contributed by atoms with Crippen LogP contribution in [-0.2, 0) is 10.0 Å². The Morgan fingerprint density at radius 1 is 1.06 bits per heavy atom. The second-order valence-corrected chi connectivity index (χ2v) is 11.4. The first-order valence-corrected chi connectivity index (χ1v) is 13.3. The number of rotatable bonds is 5. The summed E-state index contributed by atoms with van der Waals surface area (Å²) in [5.41, 5.74) is 3.10. The highest BCUT2D eigenvalue weighted by Gasteiger charge is 2.27. The first kappa shape index (κ1) is 21.2. The van der Waals surface area contributed by atoms with Crippen LogP contribution < -0.4 is 5.32 Å². The summed E-state index contributed by atoms with van der Waals surface area (Å²) in [7, 11) is -3.49. The summed E-state index contributed by atoms with van der Waals surface area (Å²) in [6, 6.07) is 12.2. The van der Waals surface area contributed by atoms with Crippen LogP contribution in [0.2, 0.25) is 0 Å². The van der Waals surface area contributed by atoms with Crippen molar-refractivity contribution in [2.45, 2.75) is 24.7 Å². The van der Waals surface area contributed by atoms with Crippen molar-refractivity contribution in [3.63, 3.8) is 0 Å². The van der Waals surface area contributed by atoms with E-state index in [4.69, 9.17) is 0 Å². The summed E-state index contributed by atoms with van der Waals surface area (Å²) in [6.07, 6.45) is 1.78. The summed E-state index contributed by atoms with van der Waals surface area (Å²) in [5.74, 6) is -0.268. The van der Waals surface area contributed by atoms with E-state index in [9.17, 15) is 13.2 Å². The van der Waals surface area contributed by atoms with Gasteiger partial charge in [0.25, 0.3) is 5.91 Å². The molecule has 3 heterocycles. The van der Waals surface area contributed by atoms with E-state index in [1.807, 2.05) is 24.4 Å². The number of carbonyl (C=O) groups is 1. The summed E-state index contributed by atoms with van der Waals surface area (Å²) in [6.45, 7) is 3.07. The minimum absolute atomic E-state index is 0.265. The number of fused-ring (bicyclic) bond motifs is 1. The summed E-state index contributed by atoms with van der Waals surface area (Å²) >= 11 is 2.83. The molecule has 0 bridgehead atoms. The zero-order chi connectivity index (χ0) is 22.3. The number of anilines is 1. The van der Waals surface area contributed by atoms with Crippen LogP contribution in [0.25, 0.3) is 20.8 Å². The molecule has 0 aliphatic carbocycles. The molecule has 7 nitrogen and oxygen atoms in total. The molecule has 0 atom stereocenters. The van der Waals surface area contributed by atoms with E-state index in [2.05, 4.69) is 15.3 Å². The lowest BCUT2D eigenvalue weighted by atomic mass is 10.1. The first-order valence-electron chi connectivity index (χ1n) is 10.1. The fourth-order valence-corrected chi connectivity index (χ4v) is 6.94. The van der Waals surface area contributed by atoms with Gasteiger partial charge in [-0.1, -0.05) is 23.5 Å². The Kier molecular flexibility index (Phi) is 5.54. The number of aromatic nitrogens is 2. The molecule has 0 spiro atoms. The molecule has 1 aliphatic rings. The number of nitrogens with one attached hydrogen (secondary N) is 1. The van der Waals surface area contributed by atoms with Gasteiger partial charge < -0.3 is 0 Å². The van der Waals surface area contributed by atoms with Crippen LogP contribution in [0.1, 0.15) is 28.9 Å². The fourth-order valence-electron chi connectivity index (χ4n) is 3.62. The van der Waals surface area contributed by atoms with Gasteiger partial charge in [-0.15, -0.1) is 11.3 Å². The quantitative estimate of drug-likeness (QED) is 0.441. The maximum absolute atomic E-state index is 12.8. The number of hydrogen-bond acceptors (Lipinski definition) is 7. The van der Waals surface area contributed by atoms with Crippen molar-refractivity contribution in [3.8, 4) is 10.6 Å². The zero-order valence-corrected chi connectivity index (χ0v) is 19.7. The third-order valence-electron chi connectivity index (χ3n) is 5.30. The van der Waals surface area contributed by atoms with Crippen molar-refractivity contribution in [3.05, 3.63) is 59.1 Å². The molecule has 10 heteroatoms. The van der Waals surface area contributed by atoms with Gasteiger partial charge in [0.1, 0.15) is 5.01 Å². The van der Waals surface area contributed by atoms with Crippen LogP contribution in [0.5, 0.6) is 0 Å². The molecule has 4 aromatic rings. The summed E-state index contributed by atoms with van der Waals surface area (Å²) in [5, 5.41) is 6.16. The van der Waals surface area contributed by atoms with E-state index in [0.29, 0.717) is 29.3 Å².